The van der Waals surface area contributed by atoms with Gasteiger partial charge in [-0.25, -0.2) is 4.79 Å². The summed E-state index contributed by atoms with van der Waals surface area (Å²) in [4.78, 5) is 17.2. The normalized spacial score (nSPS) is 16.2. The summed E-state index contributed by atoms with van der Waals surface area (Å²) in [5.41, 5.74) is 0. The van der Waals surface area contributed by atoms with E-state index in [1.165, 1.54) is 0 Å². The topological polar surface area (TPSA) is 80.4 Å². The molecule has 5 nitrogen and oxygen atoms in total. The van der Waals surface area contributed by atoms with Crippen LogP contribution >= 0.6 is 11.6 Å². The summed E-state index contributed by atoms with van der Waals surface area (Å²) >= 11 is 4.24. The van der Waals surface area contributed by atoms with Crippen LogP contribution in [-0.4, -0.2) is 21.3 Å². The number of carbonyl (C=O) groups is 1. The molecule has 0 saturated carbocycles. The van der Waals surface area contributed by atoms with Crippen molar-refractivity contribution in [1.29, 1.82) is 0 Å². The Kier molecular flexibility index (Phi) is 1.92. The van der Waals surface area contributed by atoms with E-state index in [0.717, 1.165) is 0 Å². The van der Waals surface area contributed by atoms with Gasteiger partial charge < -0.3 is 5.11 Å². The van der Waals surface area contributed by atoms with Crippen LogP contribution in [0, 0.1) is 10.1 Å². The molecule has 7 heteroatoms. The number of alkyl halides is 2. The fraction of sp³-hybridized carbons (Fsp3) is 0.500. The van der Waals surface area contributed by atoms with Gasteiger partial charge in [-0.2, -0.15) is 0 Å². The number of halogens is 2. The first-order chi connectivity index (χ1) is 3.89. The molecule has 0 aromatic heterocycles. The average Bonchev–Trinajstić information content (AvgIpc) is 1.65. The van der Waals surface area contributed by atoms with Gasteiger partial charge in [0.1, 0.15) is 0 Å². The molecule has 9 heavy (non-hydrogen) atoms. The molecule has 0 rings (SSSR count). The maximum absolute atomic E-state index is 11.8. The monoisotopic (exact) mass is 157 g/mol. The predicted molar refractivity (Wildman–Crippen MR) is 24.3 cm³/mol. The second-order valence-corrected chi connectivity index (χ2v) is 1.60. The molecule has 1 atom stereocenters. The molecule has 0 heterocycles. The zero-order valence-electron chi connectivity index (χ0n) is 3.88. The van der Waals surface area contributed by atoms with Crippen molar-refractivity contribution in [3.8, 4) is 0 Å². The molecular weight excluding hydrogens is 156 g/mol. The van der Waals surface area contributed by atoms with E-state index in [0.29, 0.717) is 0 Å². The first kappa shape index (κ1) is 8.09. The average molecular weight is 157 g/mol. The minimum atomic E-state index is -3.89. The van der Waals surface area contributed by atoms with Crippen LogP contribution in [0.15, 0.2) is 0 Å². The summed E-state index contributed by atoms with van der Waals surface area (Å²) in [7, 11) is 0. The van der Waals surface area contributed by atoms with Gasteiger partial charge in [0.25, 0.3) is 0 Å². The highest BCUT2D eigenvalue weighted by atomic mass is 35.5. The Morgan fingerprint density at radius 3 is 2.22 bits per heavy atom. The van der Waals surface area contributed by atoms with Gasteiger partial charge in [0.05, 0.1) is 4.92 Å². The highest BCUT2D eigenvalue weighted by Gasteiger charge is 2.50. The highest BCUT2D eigenvalue weighted by molar-refractivity contribution is 6.30. The molecule has 0 aliphatic carbocycles. The Morgan fingerprint density at radius 1 is 1.89 bits per heavy atom. The molecule has 0 aliphatic rings. The highest BCUT2D eigenvalue weighted by Crippen LogP contribution is 2.16. The van der Waals surface area contributed by atoms with Crippen LogP contribution < -0.4 is 0 Å². The molecule has 1 N–H and O–H groups in total. The second-order valence-electron chi connectivity index (χ2n) is 1.10. The lowest BCUT2D eigenvalue weighted by Crippen LogP contribution is -2.35. The van der Waals surface area contributed by atoms with Gasteiger partial charge in [0, 0.05) is 11.6 Å². The van der Waals surface area contributed by atoms with Crippen molar-refractivity contribution in [3.63, 3.8) is 0 Å². The van der Waals surface area contributed by atoms with Gasteiger partial charge in [-0.1, -0.05) is 0 Å². The SMILES string of the molecule is O=C(O)C(F)(Cl)[N+](=O)[O-]. The van der Waals surface area contributed by atoms with E-state index in [2.05, 4.69) is 11.6 Å². The van der Waals surface area contributed by atoms with E-state index < -0.39 is 16.1 Å². The van der Waals surface area contributed by atoms with Gasteiger partial charge in [0.2, 0.25) is 0 Å². The van der Waals surface area contributed by atoms with Gasteiger partial charge in [-0.3, -0.25) is 10.1 Å². The number of rotatable bonds is 2. The zero-order valence-corrected chi connectivity index (χ0v) is 4.63. The summed E-state index contributed by atoms with van der Waals surface area (Å²) in [6.07, 6.45) is 0. The van der Waals surface area contributed by atoms with Crippen LogP contribution in [0.5, 0.6) is 0 Å². The number of nitro groups is 1. The van der Waals surface area contributed by atoms with E-state index in [4.69, 9.17) is 5.11 Å². The van der Waals surface area contributed by atoms with Gasteiger partial charge >= 0.3 is 11.2 Å². The van der Waals surface area contributed by atoms with Crippen LogP contribution in [-0.2, 0) is 4.79 Å². The molecule has 0 aliphatic heterocycles. The number of carboxylic acid groups (broad SMARTS) is 1. The summed E-state index contributed by atoms with van der Waals surface area (Å²) in [6, 6.07) is 0. The third-order valence-corrected chi connectivity index (χ3v) is 0.786. The first-order valence-corrected chi connectivity index (χ1v) is 2.02. The van der Waals surface area contributed by atoms with Crippen molar-refractivity contribution in [3.05, 3.63) is 10.1 Å². The Hall–Kier alpha value is -0.910. The third-order valence-electron chi connectivity index (χ3n) is 0.487. The fourth-order valence-electron chi connectivity index (χ4n) is 0.0781. The summed E-state index contributed by atoms with van der Waals surface area (Å²) in [5.74, 6) is -2.32. The van der Waals surface area contributed by atoms with Crippen molar-refractivity contribution in [2.45, 2.75) is 5.25 Å². The largest absolute Gasteiger partial charge is 0.535 e. The standard InChI is InChI=1S/C2HClFNO4/c3-2(4,1(6)7)5(8)9/h(H,6,7). The Labute approximate surface area is 53.2 Å². The molecule has 0 aromatic rings. The summed E-state index contributed by atoms with van der Waals surface area (Å²) < 4.78 is 11.8. The van der Waals surface area contributed by atoms with Gasteiger partial charge in [-0.05, 0) is 0 Å². The lowest BCUT2D eigenvalue weighted by molar-refractivity contribution is -0.559. The van der Waals surface area contributed by atoms with E-state index in [1.807, 2.05) is 0 Å². The maximum Gasteiger partial charge on any atom is 0.535 e. The van der Waals surface area contributed by atoms with E-state index in [1.54, 1.807) is 0 Å². The molecule has 0 amide bonds. The molecule has 0 spiro atoms. The van der Waals surface area contributed by atoms with Crippen molar-refractivity contribution < 1.29 is 19.2 Å². The summed E-state index contributed by atoms with van der Waals surface area (Å²) in [6.45, 7) is 0. The minimum absolute atomic E-state index is 1.74. The smallest absolute Gasteiger partial charge is 0.473 e. The third kappa shape index (κ3) is 1.49. The number of carboxylic acids is 1. The maximum atomic E-state index is 11.8. The molecule has 1 unspecified atom stereocenters. The summed E-state index contributed by atoms with van der Waals surface area (Å²) in [5, 5.41) is 13.2. The van der Waals surface area contributed by atoms with Crippen LogP contribution in [0.4, 0.5) is 4.39 Å². The van der Waals surface area contributed by atoms with Gasteiger partial charge in [-0.15, -0.1) is 4.39 Å². The molecule has 0 bridgehead atoms. The first-order valence-electron chi connectivity index (χ1n) is 1.64. The molecule has 52 valence electrons. The quantitative estimate of drug-likeness (QED) is 0.269. The fourth-order valence-corrected chi connectivity index (χ4v) is 0.0781. The van der Waals surface area contributed by atoms with Crippen molar-refractivity contribution in [2.75, 3.05) is 0 Å². The Morgan fingerprint density at radius 2 is 2.22 bits per heavy atom. The van der Waals surface area contributed by atoms with Gasteiger partial charge in [0.15, 0.2) is 0 Å². The molecule has 0 saturated heterocycles. The van der Waals surface area contributed by atoms with Crippen LogP contribution in [0.25, 0.3) is 0 Å². The Bertz CT molecular complexity index is 141. The lowest BCUT2D eigenvalue weighted by atomic mass is 10.6. The second kappa shape index (κ2) is 2.14. The molecule has 0 aromatic carbocycles. The van der Waals surface area contributed by atoms with Crippen LogP contribution in [0.1, 0.15) is 0 Å². The predicted octanol–water partition coefficient (Wildman–Crippen LogP) is 0.210. The molecule has 0 radical (unpaired) electrons. The minimum Gasteiger partial charge on any atom is -0.473 e. The Balaban J connectivity index is 4.38. The number of nitrogens with zero attached hydrogens (tertiary/aromatic N) is 1. The zero-order chi connectivity index (χ0) is 7.65. The lowest BCUT2D eigenvalue weighted by Gasteiger charge is -1.99. The van der Waals surface area contributed by atoms with Crippen LogP contribution in [0.2, 0.25) is 0 Å². The number of hydrogen-bond acceptors (Lipinski definition) is 3. The van der Waals surface area contributed by atoms with Crippen molar-refractivity contribution in [2.24, 2.45) is 0 Å². The van der Waals surface area contributed by atoms with Crippen molar-refractivity contribution in [1.82, 2.24) is 0 Å². The van der Waals surface area contributed by atoms with E-state index in [9.17, 15) is 19.3 Å². The molecular formula is C2HClFNO4. The van der Waals surface area contributed by atoms with Crippen molar-refractivity contribution >= 4 is 17.6 Å². The number of aliphatic carboxylic acids is 1. The van der Waals surface area contributed by atoms with Crippen LogP contribution in [0.3, 0.4) is 0 Å². The van der Waals surface area contributed by atoms with E-state index in [-0.39, 0.29) is 0 Å². The number of hydrogen-bond donors (Lipinski definition) is 1. The van der Waals surface area contributed by atoms with E-state index >= 15 is 0 Å². The molecule has 0 fully saturated rings.